The quantitative estimate of drug-likeness (QED) is 0.786. The molecule has 0 amide bonds. The number of hydrogen-bond acceptors (Lipinski definition) is 2. The third-order valence-electron chi connectivity index (χ3n) is 2.13. The molecule has 0 N–H and O–H groups in total. The van der Waals surface area contributed by atoms with E-state index in [1.165, 1.54) is 0 Å². The molecule has 0 aliphatic carbocycles. The standard InChI is InChI=1S/C12H15ClO2S/c1-2-5-11(14)9-16(15)8-10-6-3-4-7-12(10)13/h3-4,6-7H,2,5,8-9H2,1H3. The molecular formula is C12H15ClO2S. The SMILES string of the molecule is CCCC(=O)CS(=O)Cc1ccccc1Cl. The van der Waals surface area contributed by atoms with Gasteiger partial charge in [0.25, 0.3) is 0 Å². The van der Waals surface area contributed by atoms with Crippen LogP contribution in [-0.2, 0) is 21.3 Å². The number of benzene rings is 1. The molecule has 88 valence electrons. The van der Waals surface area contributed by atoms with Gasteiger partial charge in [-0.25, -0.2) is 0 Å². The number of ketones is 1. The van der Waals surface area contributed by atoms with Crippen molar-refractivity contribution in [3.63, 3.8) is 0 Å². The van der Waals surface area contributed by atoms with Crippen molar-refractivity contribution in [2.45, 2.75) is 25.5 Å². The molecule has 1 rings (SSSR count). The minimum Gasteiger partial charge on any atom is -0.299 e. The zero-order chi connectivity index (χ0) is 12.0. The molecule has 0 aromatic heterocycles. The van der Waals surface area contributed by atoms with Crippen LogP contribution in [0.1, 0.15) is 25.3 Å². The fraction of sp³-hybridized carbons (Fsp3) is 0.417. The van der Waals surface area contributed by atoms with Crippen molar-refractivity contribution in [1.29, 1.82) is 0 Å². The summed E-state index contributed by atoms with van der Waals surface area (Å²) in [6, 6.07) is 7.29. The average Bonchev–Trinajstić information content (AvgIpc) is 2.21. The van der Waals surface area contributed by atoms with Crippen molar-refractivity contribution < 1.29 is 9.00 Å². The smallest absolute Gasteiger partial charge is 0.145 e. The third kappa shape index (κ3) is 4.45. The second kappa shape index (κ2) is 6.81. The molecule has 0 spiro atoms. The largest absolute Gasteiger partial charge is 0.299 e. The molecule has 2 nitrogen and oxygen atoms in total. The Morgan fingerprint density at radius 3 is 2.69 bits per heavy atom. The maximum Gasteiger partial charge on any atom is 0.145 e. The van der Waals surface area contributed by atoms with Crippen molar-refractivity contribution in [1.82, 2.24) is 0 Å². The highest BCUT2D eigenvalue weighted by Crippen LogP contribution is 2.16. The average molecular weight is 259 g/mol. The zero-order valence-electron chi connectivity index (χ0n) is 9.24. The summed E-state index contributed by atoms with van der Waals surface area (Å²) in [6.07, 6.45) is 1.32. The first-order chi connectivity index (χ1) is 7.63. The van der Waals surface area contributed by atoms with Gasteiger partial charge >= 0.3 is 0 Å². The summed E-state index contributed by atoms with van der Waals surface area (Å²) < 4.78 is 11.7. The van der Waals surface area contributed by atoms with Gasteiger partial charge < -0.3 is 0 Å². The van der Waals surface area contributed by atoms with E-state index in [2.05, 4.69) is 0 Å². The third-order valence-corrected chi connectivity index (χ3v) is 3.77. The lowest BCUT2D eigenvalue weighted by Gasteiger charge is -2.03. The van der Waals surface area contributed by atoms with Gasteiger partial charge in [-0.3, -0.25) is 9.00 Å². The normalized spacial score (nSPS) is 12.4. The minimum absolute atomic E-state index is 0.0629. The summed E-state index contributed by atoms with van der Waals surface area (Å²) in [6.45, 7) is 1.94. The maximum atomic E-state index is 11.7. The molecule has 0 saturated carbocycles. The van der Waals surface area contributed by atoms with Crippen LogP contribution in [0.2, 0.25) is 5.02 Å². The lowest BCUT2D eigenvalue weighted by Crippen LogP contribution is -2.11. The minimum atomic E-state index is -1.15. The van der Waals surface area contributed by atoms with E-state index in [0.717, 1.165) is 12.0 Å². The summed E-state index contributed by atoms with van der Waals surface area (Å²) in [4.78, 5) is 11.3. The Morgan fingerprint density at radius 1 is 1.38 bits per heavy atom. The lowest BCUT2D eigenvalue weighted by atomic mass is 10.2. The fourth-order valence-corrected chi connectivity index (χ4v) is 2.86. The van der Waals surface area contributed by atoms with Crippen LogP contribution in [0.4, 0.5) is 0 Å². The number of carbonyl (C=O) groups is 1. The Hall–Kier alpha value is -0.670. The van der Waals surface area contributed by atoms with E-state index in [1.807, 2.05) is 25.1 Å². The van der Waals surface area contributed by atoms with Gasteiger partial charge in [0.05, 0.1) is 11.5 Å². The van der Waals surface area contributed by atoms with Crippen LogP contribution in [0.3, 0.4) is 0 Å². The van der Waals surface area contributed by atoms with E-state index in [-0.39, 0.29) is 11.5 Å². The number of rotatable bonds is 6. The van der Waals surface area contributed by atoms with Crippen LogP contribution in [-0.4, -0.2) is 15.7 Å². The van der Waals surface area contributed by atoms with E-state index in [0.29, 0.717) is 17.2 Å². The van der Waals surface area contributed by atoms with Crippen LogP contribution in [0, 0.1) is 0 Å². The predicted molar refractivity (Wildman–Crippen MR) is 68.1 cm³/mol. The van der Waals surface area contributed by atoms with Crippen molar-refractivity contribution in [2.75, 3.05) is 5.75 Å². The van der Waals surface area contributed by atoms with Crippen LogP contribution in [0.25, 0.3) is 0 Å². The Bertz CT molecular complexity index is 390. The van der Waals surface area contributed by atoms with Crippen LogP contribution in [0.5, 0.6) is 0 Å². The maximum absolute atomic E-state index is 11.7. The Morgan fingerprint density at radius 2 is 2.06 bits per heavy atom. The van der Waals surface area contributed by atoms with Gasteiger partial charge in [0.15, 0.2) is 0 Å². The summed E-state index contributed by atoms with van der Waals surface area (Å²) in [5.74, 6) is 0.557. The molecule has 0 aliphatic rings. The van der Waals surface area contributed by atoms with Crippen LogP contribution < -0.4 is 0 Å². The van der Waals surface area contributed by atoms with Crippen LogP contribution in [0.15, 0.2) is 24.3 Å². The van der Waals surface area contributed by atoms with Gasteiger partial charge in [-0.15, -0.1) is 0 Å². The van der Waals surface area contributed by atoms with Gasteiger partial charge in [0, 0.05) is 22.2 Å². The van der Waals surface area contributed by atoms with Crippen molar-refractivity contribution in [2.24, 2.45) is 0 Å². The van der Waals surface area contributed by atoms with Crippen LogP contribution >= 0.6 is 11.6 Å². The summed E-state index contributed by atoms with van der Waals surface area (Å²) in [5.41, 5.74) is 0.840. The molecule has 0 radical (unpaired) electrons. The van der Waals surface area contributed by atoms with E-state index in [4.69, 9.17) is 11.6 Å². The second-order valence-corrected chi connectivity index (χ2v) is 5.47. The first kappa shape index (κ1) is 13.4. The van der Waals surface area contributed by atoms with Gasteiger partial charge in [0.1, 0.15) is 5.78 Å². The molecule has 0 heterocycles. The number of hydrogen-bond donors (Lipinski definition) is 0. The Labute approximate surface area is 103 Å². The molecule has 1 unspecified atom stereocenters. The monoisotopic (exact) mass is 258 g/mol. The van der Waals surface area contributed by atoms with Gasteiger partial charge in [-0.1, -0.05) is 36.7 Å². The Kier molecular flexibility index (Phi) is 5.71. The van der Waals surface area contributed by atoms with E-state index < -0.39 is 10.8 Å². The van der Waals surface area contributed by atoms with Crippen molar-refractivity contribution in [3.05, 3.63) is 34.9 Å². The van der Waals surface area contributed by atoms with E-state index in [1.54, 1.807) is 6.07 Å². The number of Topliss-reactive ketones (excluding diaryl/α,β-unsaturated/α-hetero) is 1. The van der Waals surface area contributed by atoms with Gasteiger partial charge in [-0.05, 0) is 18.1 Å². The molecule has 0 fully saturated rings. The molecule has 1 atom stereocenters. The first-order valence-electron chi connectivity index (χ1n) is 5.23. The van der Waals surface area contributed by atoms with E-state index in [9.17, 15) is 9.00 Å². The predicted octanol–water partition coefficient (Wildman–Crippen LogP) is 2.96. The Balaban J connectivity index is 2.52. The highest BCUT2D eigenvalue weighted by atomic mass is 35.5. The van der Waals surface area contributed by atoms with Gasteiger partial charge in [-0.2, -0.15) is 0 Å². The summed E-state index contributed by atoms with van der Waals surface area (Å²) in [7, 11) is -1.15. The van der Waals surface area contributed by atoms with E-state index >= 15 is 0 Å². The lowest BCUT2D eigenvalue weighted by molar-refractivity contribution is -0.116. The van der Waals surface area contributed by atoms with Crippen molar-refractivity contribution in [3.8, 4) is 0 Å². The molecule has 0 bridgehead atoms. The topological polar surface area (TPSA) is 34.1 Å². The molecule has 0 saturated heterocycles. The summed E-state index contributed by atoms with van der Waals surface area (Å²) in [5, 5.41) is 0.610. The fourth-order valence-electron chi connectivity index (χ4n) is 1.37. The number of carbonyl (C=O) groups excluding carboxylic acids is 1. The highest BCUT2D eigenvalue weighted by molar-refractivity contribution is 7.84. The molecule has 16 heavy (non-hydrogen) atoms. The summed E-state index contributed by atoms with van der Waals surface area (Å²) >= 11 is 5.95. The number of halogens is 1. The second-order valence-electron chi connectivity index (χ2n) is 3.61. The molecule has 1 aromatic rings. The highest BCUT2D eigenvalue weighted by Gasteiger charge is 2.09. The molecular weight excluding hydrogens is 244 g/mol. The molecule has 4 heteroatoms. The van der Waals surface area contributed by atoms with Gasteiger partial charge in [0.2, 0.25) is 0 Å². The zero-order valence-corrected chi connectivity index (χ0v) is 10.8. The molecule has 0 aliphatic heterocycles. The first-order valence-corrected chi connectivity index (χ1v) is 7.10. The van der Waals surface area contributed by atoms with Crippen molar-refractivity contribution >= 4 is 28.2 Å². The molecule has 1 aromatic carbocycles.